The first kappa shape index (κ1) is 19.8. The van der Waals surface area contributed by atoms with Crippen LogP contribution in [0.5, 0.6) is 5.75 Å². The highest BCUT2D eigenvalue weighted by atomic mass is 35.5. The molecule has 0 saturated carbocycles. The van der Waals surface area contributed by atoms with E-state index in [-0.39, 0.29) is 11.0 Å². The van der Waals surface area contributed by atoms with Crippen LogP contribution in [0.15, 0.2) is 77.7 Å². The lowest BCUT2D eigenvalue weighted by atomic mass is 10.0. The van der Waals surface area contributed by atoms with Crippen LogP contribution < -0.4 is 4.74 Å². The van der Waals surface area contributed by atoms with E-state index in [1.165, 1.54) is 0 Å². The zero-order chi connectivity index (χ0) is 19.2. The van der Waals surface area contributed by atoms with Gasteiger partial charge in [-0.1, -0.05) is 59.6 Å². The van der Waals surface area contributed by atoms with Crippen molar-refractivity contribution in [2.75, 3.05) is 7.11 Å². The average Bonchev–Trinajstić information content (AvgIpc) is 2.71. The standard InChI is InChI=1S/C22H18Cl2O2S/c1-26-17-12-10-15(11-13-17)19(25)14-21(16-6-3-2-4-7-16)27-20-9-5-8-18(23)22(20)24/h2-13,21H,14H2,1H3/t21-/m1/s1. The van der Waals surface area contributed by atoms with Crippen molar-refractivity contribution in [3.63, 3.8) is 0 Å². The number of halogens is 2. The van der Waals surface area contributed by atoms with Gasteiger partial charge in [-0.15, -0.1) is 11.8 Å². The molecule has 2 nitrogen and oxygen atoms in total. The number of hydrogen-bond acceptors (Lipinski definition) is 3. The summed E-state index contributed by atoms with van der Waals surface area (Å²) in [5.41, 5.74) is 1.73. The number of hydrogen-bond donors (Lipinski definition) is 0. The molecule has 3 rings (SSSR count). The third-order valence-electron chi connectivity index (χ3n) is 4.14. The summed E-state index contributed by atoms with van der Waals surface area (Å²) in [5, 5.41) is 0.953. The van der Waals surface area contributed by atoms with Crippen LogP contribution in [0.2, 0.25) is 10.0 Å². The summed E-state index contributed by atoms with van der Waals surface area (Å²) in [7, 11) is 1.60. The largest absolute Gasteiger partial charge is 0.497 e. The van der Waals surface area contributed by atoms with Gasteiger partial charge in [0.05, 0.1) is 17.2 Å². The summed E-state index contributed by atoms with van der Waals surface area (Å²) in [6.45, 7) is 0. The summed E-state index contributed by atoms with van der Waals surface area (Å²) in [6.07, 6.45) is 0.351. The second-order valence-electron chi connectivity index (χ2n) is 5.92. The van der Waals surface area contributed by atoms with Crippen LogP contribution in [-0.2, 0) is 0 Å². The van der Waals surface area contributed by atoms with E-state index in [9.17, 15) is 4.79 Å². The second-order valence-corrected chi connectivity index (χ2v) is 7.95. The molecule has 0 aliphatic heterocycles. The Morgan fingerprint density at radius 1 is 0.963 bits per heavy atom. The van der Waals surface area contributed by atoms with Gasteiger partial charge in [-0.05, 0) is 42.0 Å². The minimum Gasteiger partial charge on any atom is -0.497 e. The minimum absolute atomic E-state index is 0.0668. The molecule has 0 aliphatic rings. The highest BCUT2D eigenvalue weighted by molar-refractivity contribution is 7.99. The monoisotopic (exact) mass is 416 g/mol. The van der Waals surface area contributed by atoms with Gasteiger partial charge < -0.3 is 4.74 Å². The SMILES string of the molecule is COc1ccc(C(=O)C[C@@H](Sc2cccc(Cl)c2Cl)c2ccccc2)cc1. The summed E-state index contributed by atoms with van der Waals surface area (Å²) >= 11 is 14.1. The molecule has 0 aliphatic carbocycles. The molecule has 27 heavy (non-hydrogen) atoms. The maximum Gasteiger partial charge on any atom is 0.164 e. The van der Waals surface area contributed by atoms with Crippen molar-refractivity contribution >= 4 is 40.7 Å². The molecule has 0 fully saturated rings. The first-order valence-corrected chi connectivity index (χ1v) is 10.0. The number of ether oxygens (including phenoxy) is 1. The molecule has 0 N–H and O–H groups in total. The number of methoxy groups -OCH3 is 1. The lowest BCUT2D eigenvalue weighted by Crippen LogP contribution is -2.05. The number of benzene rings is 3. The Balaban J connectivity index is 1.86. The van der Waals surface area contributed by atoms with Crippen LogP contribution in [0.25, 0.3) is 0 Å². The van der Waals surface area contributed by atoms with Crippen molar-refractivity contribution in [2.45, 2.75) is 16.6 Å². The molecule has 3 aromatic rings. The van der Waals surface area contributed by atoms with Crippen LogP contribution in [-0.4, -0.2) is 12.9 Å². The zero-order valence-corrected chi connectivity index (χ0v) is 17.0. The molecule has 1 atom stereocenters. The van der Waals surface area contributed by atoms with Gasteiger partial charge in [0, 0.05) is 22.1 Å². The Morgan fingerprint density at radius 3 is 2.33 bits per heavy atom. The number of carbonyl (C=O) groups is 1. The Labute approximate surface area is 173 Å². The maximum absolute atomic E-state index is 12.9. The number of carbonyl (C=O) groups excluding carboxylic acids is 1. The van der Waals surface area contributed by atoms with E-state index in [0.29, 0.717) is 22.0 Å². The Bertz CT molecular complexity index is 911. The molecule has 0 saturated heterocycles. The van der Waals surface area contributed by atoms with E-state index in [1.54, 1.807) is 49.2 Å². The van der Waals surface area contributed by atoms with Crippen molar-refractivity contribution in [2.24, 2.45) is 0 Å². The normalized spacial score (nSPS) is 11.8. The van der Waals surface area contributed by atoms with Gasteiger partial charge in [-0.2, -0.15) is 0 Å². The average molecular weight is 417 g/mol. The first-order valence-electron chi connectivity index (χ1n) is 8.41. The highest BCUT2D eigenvalue weighted by Crippen LogP contribution is 2.43. The van der Waals surface area contributed by atoms with E-state index in [4.69, 9.17) is 27.9 Å². The molecule has 5 heteroatoms. The van der Waals surface area contributed by atoms with E-state index >= 15 is 0 Å². The van der Waals surface area contributed by atoms with Crippen molar-refractivity contribution in [1.82, 2.24) is 0 Å². The fourth-order valence-electron chi connectivity index (χ4n) is 2.69. The number of rotatable bonds is 7. The summed E-state index contributed by atoms with van der Waals surface area (Å²) in [6, 6.07) is 22.7. The molecule has 3 aromatic carbocycles. The molecule has 0 aromatic heterocycles. The van der Waals surface area contributed by atoms with E-state index in [0.717, 1.165) is 16.2 Å². The first-order chi connectivity index (χ1) is 13.1. The quantitative estimate of drug-likeness (QED) is 0.303. The fraction of sp³-hybridized carbons (Fsp3) is 0.136. The van der Waals surface area contributed by atoms with Gasteiger partial charge >= 0.3 is 0 Å². The Kier molecular flexibility index (Phi) is 6.84. The molecular weight excluding hydrogens is 399 g/mol. The van der Waals surface area contributed by atoms with E-state index in [2.05, 4.69) is 0 Å². The third-order valence-corrected chi connectivity index (χ3v) is 6.39. The van der Waals surface area contributed by atoms with Crippen LogP contribution in [0.1, 0.15) is 27.6 Å². The topological polar surface area (TPSA) is 26.3 Å². The molecule has 0 amide bonds. The van der Waals surface area contributed by atoms with Gasteiger partial charge in [0.25, 0.3) is 0 Å². The molecule has 0 spiro atoms. The van der Waals surface area contributed by atoms with Crippen molar-refractivity contribution in [1.29, 1.82) is 0 Å². The Morgan fingerprint density at radius 2 is 1.67 bits per heavy atom. The van der Waals surface area contributed by atoms with Gasteiger partial charge in [-0.25, -0.2) is 0 Å². The zero-order valence-electron chi connectivity index (χ0n) is 14.7. The predicted octanol–water partition coefficient (Wildman–Crippen LogP) is 7.11. The predicted molar refractivity (Wildman–Crippen MR) is 113 cm³/mol. The minimum atomic E-state index is -0.0724. The molecular formula is C22H18Cl2O2S. The van der Waals surface area contributed by atoms with Crippen molar-refractivity contribution in [3.05, 3.63) is 94.0 Å². The van der Waals surface area contributed by atoms with Gasteiger partial charge in [0.1, 0.15) is 5.75 Å². The van der Waals surface area contributed by atoms with Crippen LogP contribution in [0, 0.1) is 0 Å². The highest BCUT2D eigenvalue weighted by Gasteiger charge is 2.20. The van der Waals surface area contributed by atoms with Crippen LogP contribution in [0.4, 0.5) is 0 Å². The molecule has 0 heterocycles. The maximum atomic E-state index is 12.9. The summed E-state index contributed by atoms with van der Waals surface area (Å²) in [4.78, 5) is 13.7. The van der Waals surface area contributed by atoms with Crippen molar-refractivity contribution in [3.8, 4) is 5.75 Å². The summed E-state index contributed by atoms with van der Waals surface area (Å²) in [5.74, 6) is 0.795. The van der Waals surface area contributed by atoms with Crippen LogP contribution in [0.3, 0.4) is 0 Å². The van der Waals surface area contributed by atoms with Gasteiger partial charge in [0.15, 0.2) is 5.78 Å². The molecule has 0 radical (unpaired) electrons. The number of thioether (sulfide) groups is 1. The van der Waals surface area contributed by atoms with E-state index < -0.39 is 0 Å². The van der Waals surface area contributed by atoms with Gasteiger partial charge in [0.2, 0.25) is 0 Å². The number of Topliss-reactive ketones (excluding diaryl/α,β-unsaturated/α-hetero) is 1. The van der Waals surface area contributed by atoms with Crippen molar-refractivity contribution < 1.29 is 9.53 Å². The lowest BCUT2D eigenvalue weighted by Gasteiger charge is -2.18. The molecule has 0 unspecified atom stereocenters. The van der Waals surface area contributed by atoms with Crippen LogP contribution >= 0.6 is 35.0 Å². The molecule has 138 valence electrons. The number of ketones is 1. The molecule has 0 bridgehead atoms. The van der Waals surface area contributed by atoms with E-state index in [1.807, 2.05) is 42.5 Å². The Hall–Kier alpha value is -1.94. The smallest absolute Gasteiger partial charge is 0.164 e. The lowest BCUT2D eigenvalue weighted by molar-refractivity contribution is 0.0982. The third kappa shape index (κ3) is 5.07. The fourth-order valence-corrected chi connectivity index (χ4v) is 4.38. The van der Waals surface area contributed by atoms with Gasteiger partial charge in [-0.3, -0.25) is 4.79 Å². The summed E-state index contributed by atoms with van der Waals surface area (Å²) < 4.78 is 5.16. The second kappa shape index (κ2) is 9.32.